The molecule has 2 aromatic carbocycles. The molecule has 2 rings (SSSR count). The van der Waals surface area contributed by atoms with Crippen LogP contribution in [0.5, 0.6) is 0 Å². The summed E-state index contributed by atoms with van der Waals surface area (Å²) >= 11 is 6.39. The predicted molar refractivity (Wildman–Crippen MR) is 163 cm³/mol. The third-order valence-corrected chi connectivity index (χ3v) is 7.46. The van der Waals surface area contributed by atoms with Crippen LogP contribution in [0, 0.1) is 6.92 Å². The van der Waals surface area contributed by atoms with E-state index in [0.717, 1.165) is 37.2 Å². The Hall–Kier alpha value is -2.20. The normalized spacial score (nSPS) is 10.9. The first-order valence-electron chi connectivity index (χ1n) is 14.7. The zero-order valence-electron chi connectivity index (χ0n) is 23.8. The summed E-state index contributed by atoms with van der Waals surface area (Å²) in [5.41, 5.74) is 5.37. The second-order valence-corrected chi connectivity index (χ2v) is 10.6. The lowest BCUT2D eigenvalue weighted by Gasteiger charge is -2.22. The number of benzene rings is 2. The van der Waals surface area contributed by atoms with Crippen molar-refractivity contribution in [2.24, 2.45) is 0 Å². The largest absolute Gasteiger partial charge is 0.381 e. The average molecular weight is 528 g/mol. The van der Waals surface area contributed by atoms with Crippen molar-refractivity contribution in [2.45, 2.75) is 111 Å². The van der Waals surface area contributed by atoms with Gasteiger partial charge in [0.05, 0.1) is 10.7 Å². The van der Waals surface area contributed by atoms with Crippen LogP contribution in [-0.4, -0.2) is 19.0 Å². The molecule has 5 heteroatoms. The Morgan fingerprint density at radius 3 is 2.00 bits per heavy atom. The van der Waals surface area contributed by atoms with Crippen LogP contribution in [0.3, 0.4) is 0 Å². The monoisotopic (exact) mass is 527 g/mol. The molecule has 0 unspecified atom stereocenters. The average Bonchev–Trinajstić information content (AvgIpc) is 2.89. The van der Waals surface area contributed by atoms with Gasteiger partial charge in [0, 0.05) is 37.4 Å². The summed E-state index contributed by atoms with van der Waals surface area (Å²) in [7, 11) is 0. The predicted octanol–water partition coefficient (Wildman–Crippen LogP) is 9.75. The summed E-state index contributed by atoms with van der Waals surface area (Å²) in [6.45, 7) is 11.4. The highest BCUT2D eigenvalue weighted by Gasteiger charge is 2.09. The first-order chi connectivity index (χ1) is 18.0. The molecule has 0 aliphatic carbocycles. The highest BCUT2D eigenvalue weighted by molar-refractivity contribution is 6.33. The van der Waals surface area contributed by atoms with Gasteiger partial charge in [0.1, 0.15) is 0 Å². The molecule has 0 heterocycles. The van der Waals surface area contributed by atoms with Crippen LogP contribution in [0.1, 0.15) is 109 Å². The Labute approximate surface area is 231 Å². The van der Waals surface area contributed by atoms with Crippen LogP contribution in [0.15, 0.2) is 36.4 Å². The van der Waals surface area contributed by atoms with Gasteiger partial charge >= 0.3 is 0 Å². The van der Waals surface area contributed by atoms with Gasteiger partial charge in [-0.15, -0.1) is 0 Å². The zero-order valence-corrected chi connectivity index (χ0v) is 24.6. The standard InChI is InChI=1S/C32H50ClN3O/c1-5-8-9-10-11-12-13-14-15-16-17-18-32(37)35-31-24-27(19-21-29(31)33)25-34-30-22-20-28(23-26(30)4)36(6-2)7-3/h19-24,34H,5-18,25H2,1-4H3,(H,35,37). The number of hydrogen-bond donors (Lipinski definition) is 2. The molecule has 0 aliphatic rings. The Morgan fingerprint density at radius 1 is 0.784 bits per heavy atom. The fourth-order valence-corrected chi connectivity index (χ4v) is 4.93. The minimum absolute atomic E-state index is 0.0470. The zero-order chi connectivity index (χ0) is 26.9. The van der Waals surface area contributed by atoms with Gasteiger partial charge in [-0.1, -0.05) is 88.8 Å². The number of nitrogens with one attached hydrogen (secondary N) is 2. The number of carbonyl (C=O) groups is 1. The number of aryl methyl sites for hydroxylation is 1. The maximum Gasteiger partial charge on any atom is 0.224 e. The number of rotatable bonds is 19. The Balaban J connectivity index is 1.72. The minimum atomic E-state index is 0.0470. The highest BCUT2D eigenvalue weighted by atomic mass is 35.5. The molecule has 0 radical (unpaired) electrons. The van der Waals surface area contributed by atoms with Gasteiger partial charge < -0.3 is 15.5 Å². The third-order valence-electron chi connectivity index (χ3n) is 7.13. The molecule has 0 bridgehead atoms. The molecule has 0 aliphatic heterocycles. The van der Waals surface area contributed by atoms with E-state index in [2.05, 4.69) is 61.4 Å². The minimum Gasteiger partial charge on any atom is -0.381 e. The van der Waals surface area contributed by atoms with Crippen molar-refractivity contribution in [3.05, 3.63) is 52.5 Å². The van der Waals surface area contributed by atoms with Crippen molar-refractivity contribution in [1.82, 2.24) is 0 Å². The molecule has 0 aromatic heterocycles. The molecule has 2 aromatic rings. The maximum atomic E-state index is 12.5. The Bertz CT molecular complexity index is 926. The van der Waals surface area contributed by atoms with E-state index in [1.54, 1.807) is 0 Å². The summed E-state index contributed by atoms with van der Waals surface area (Å²) in [5.74, 6) is 0.0470. The van der Waals surface area contributed by atoms with Gasteiger partial charge in [-0.25, -0.2) is 0 Å². The van der Waals surface area contributed by atoms with Gasteiger partial charge in [0.25, 0.3) is 0 Å². The summed E-state index contributed by atoms with van der Waals surface area (Å²) in [4.78, 5) is 14.9. The second kappa shape index (κ2) is 18.1. The fourth-order valence-electron chi connectivity index (χ4n) is 4.77. The molecule has 0 saturated carbocycles. The quantitative estimate of drug-likeness (QED) is 0.179. The van der Waals surface area contributed by atoms with E-state index in [-0.39, 0.29) is 5.91 Å². The number of carbonyl (C=O) groups excluding carboxylic acids is 1. The number of hydrogen-bond acceptors (Lipinski definition) is 3. The molecule has 1 amide bonds. The summed E-state index contributed by atoms with van der Waals surface area (Å²) in [6, 6.07) is 12.4. The SMILES string of the molecule is CCCCCCCCCCCCCC(=O)Nc1cc(CNc2ccc(N(CC)CC)cc2C)ccc1Cl. The lowest BCUT2D eigenvalue weighted by atomic mass is 10.1. The van der Waals surface area contributed by atoms with Crippen LogP contribution in [0.4, 0.5) is 17.1 Å². The third kappa shape index (κ3) is 11.8. The first kappa shape index (κ1) is 31.0. The van der Waals surface area contributed by atoms with E-state index in [1.807, 2.05) is 18.2 Å². The van der Waals surface area contributed by atoms with Gasteiger partial charge in [0.15, 0.2) is 0 Å². The summed E-state index contributed by atoms with van der Waals surface area (Å²) < 4.78 is 0. The van der Waals surface area contributed by atoms with Crippen LogP contribution in [0.25, 0.3) is 0 Å². The van der Waals surface area contributed by atoms with Crippen molar-refractivity contribution >= 4 is 34.6 Å². The van der Waals surface area contributed by atoms with Crippen molar-refractivity contribution in [3.63, 3.8) is 0 Å². The second-order valence-electron chi connectivity index (χ2n) is 10.2. The van der Waals surface area contributed by atoms with E-state index in [1.165, 1.54) is 69.0 Å². The Kier molecular flexibility index (Phi) is 15.2. The van der Waals surface area contributed by atoms with Crippen LogP contribution >= 0.6 is 11.6 Å². The van der Waals surface area contributed by atoms with Gasteiger partial charge in [-0.2, -0.15) is 0 Å². The van der Waals surface area contributed by atoms with Crippen molar-refractivity contribution in [2.75, 3.05) is 28.6 Å². The topological polar surface area (TPSA) is 44.4 Å². The fraction of sp³-hybridized carbons (Fsp3) is 0.594. The number of nitrogens with zero attached hydrogens (tertiary/aromatic N) is 1. The van der Waals surface area contributed by atoms with E-state index in [0.29, 0.717) is 23.7 Å². The van der Waals surface area contributed by atoms with E-state index >= 15 is 0 Å². The molecule has 0 spiro atoms. The molecule has 2 N–H and O–H groups in total. The molecule has 0 atom stereocenters. The van der Waals surface area contributed by atoms with Gasteiger partial charge in [-0.3, -0.25) is 4.79 Å². The molecule has 0 saturated heterocycles. The van der Waals surface area contributed by atoms with Crippen molar-refractivity contribution in [3.8, 4) is 0 Å². The molecular weight excluding hydrogens is 478 g/mol. The van der Waals surface area contributed by atoms with Crippen LogP contribution < -0.4 is 15.5 Å². The van der Waals surface area contributed by atoms with Gasteiger partial charge in [0.2, 0.25) is 5.91 Å². The number of amides is 1. The first-order valence-corrected chi connectivity index (χ1v) is 15.0. The highest BCUT2D eigenvalue weighted by Crippen LogP contribution is 2.26. The van der Waals surface area contributed by atoms with Crippen LogP contribution in [-0.2, 0) is 11.3 Å². The van der Waals surface area contributed by atoms with E-state index in [9.17, 15) is 4.79 Å². The molecule has 206 valence electrons. The van der Waals surface area contributed by atoms with Gasteiger partial charge in [-0.05, 0) is 68.7 Å². The molecule has 37 heavy (non-hydrogen) atoms. The molecule has 0 fully saturated rings. The summed E-state index contributed by atoms with van der Waals surface area (Å²) in [5, 5.41) is 7.14. The smallest absolute Gasteiger partial charge is 0.224 e. The molecular formula is C32H50ClN3O. The number of unbranched alkanes of at least 4 members (excludes halogenated alkanes) is 10. The van der Waals surface area contributed by atoms with Crippen molar-refractivity contribution < 1.29 is 4.79 Å². The number of halogens is 1. The van der Waals surface area contributed by atoms with E-state index < -0.39 is 0 Å². The lowest BCUT2D eigenvalue weighted by molar-refractivity contribution is -0.116. The van der Waals surface area contributed by atoms with Crippen LogP contribution in [0.2, 0.25) is 5.02 Å². The summed E-state index contributed by atoms with van der Waals surface area (Å²) in [6.07, 6.45) is 14.6. The lowest BCUT2D eigenvalue weighted by Crippen LogP contribution is -2.21. The molecule has 4 nitrogen and oxygen atoms in total. The Morgan fingerprint density at radius 2 is 1.41 bits per heavy atom. The van der Waals surface area contributed by atoms with E-state index in [4.69, 9.17) is 11.6 Å². The van der Waals surface area contributed by atoms with Crippen molar-refractivity contribution in [1.29, 1.82) is 0 Å². The maximum absolute atomic E-state index is 12.5. The number of anilines is 3.